The van der Waals surface area contributed by atoms with Crippen LogP contribution in [0.4, 0.5) is 0 Å². The molecule has 0 saturated carbocycles. The molecule has 0 saturated heterocycles. The molecule has 0 bridgehead atoms. The molecule has 0 aliphatic rings. The van der Waals surface area contributed by atoms with E-state index in [4.69, 9.17) is 44.3 Å². The molecule has 0 unspecified atom stereocenters. The first kappa shape index (κ1) is 23.3. The zero-order valence-electron chi connectivity index (χ0n) is 15.1. The van der Waals surface area contributed by atoms with Gasteiger partial charge in [-0.25, -0.2) is 12.7 Å². The number of hydrogen-bond donors (Lipinski definition) is 0. The lowest BCUT2D eigenvalue weighted by molar-refractivity contribution is -0.146. The second kappa shape index (κ2) is 10.2. The van der Waals surface area contributed by atoms with E-state index in [1.165, 1.54) is 42.5 Å². The lowest BCUT2D eigenvalue weighted by Gasteiger charge is -2.22. The molecule has 2 rings (SSSR count). The maximum atomic E-state index is 12.9. The summed E-state index contributed by atoms with van der Waals surface area (Å²) in [4.78, 5) is 24.3. The Hall–Kier alpha value is -2.00. The fourth-order valence-electron chi connectivity index (χ4n) is 2.19. The van der Waals surface area contributed by atoms with Crippen molar-refractivity contribution < 1.29 is 27.5 Å². The number of esters is 1. The summed E-state index contributed by atoms with van der Waals surface area (Å²) >= 11 is 17.5. The summed E-state index contributed by atoms with van der Waals surface area (Å²) in [5.41, 5.74) is 0. The van der Waals surface area contributed by atoms with E-state index in [0.717, 1.165) is 0 Å². The number of carbonyl (C=O) groups excluding carboxylic acids is 2. The van der Waals surface area contributed by atoms with E-state index in [1.807, 2.05) is 0 Å². The largest absolute Gasteiger partial charge is 0.484 e. The normalized spacial score (nSPS) is 11.0. The van der Waals surface area contributed by atoms with Gasteiger partial charge in [0.25, 0.3) is 15.9 Å². The third-order valence-electron chi connectivity index (χ3n) is 3.46. The average Bonchev–Trinajstić information content (AvgIpc) is 2.64. The van der Waals surface area contributed by atoms with Crippen LogP contribution >= 0.6 is 34.8 Å². The monoisotopic (exact) mass is 479 g/mol. The smallest absolute Gasteiger partial charge is 0.326 e. The van der Waals surface area contributed by atoms with E-state index in [-0.39, 0.29) is 27.3 Å². The van der Waals surface area contributed by atoms with Crippen molar-refractivity contribution >= 4 is 56.7 Å². The van der Waals surface area contributed by atoms with Crippen molar-refractivity contribution in [3.63, 3.8) is 0 Å². The second-order valence-electron chi connectivity index (χ2n) is 5.56. The Kier molecular flexibility index (Phi) is 8.15. The topological polar surface area (TPSA) is 90.0 Å². The second-order valence-corrected chi connectivity index (χ2v) is 8.73. The van der Waals surface area contributed by atoms with Gasteiger partial charge in [0.2, 0.25) is 0 Å². The zero-order valence-corrected chi connectivity index (χ0v) is 18.2. The van der Waals surface area contributed by atoms with Gasteiger partial charge in [0, 0.05) is 15.1 Å². The van der Waals surface area contributed by atoms with Gasteiger partial charge in [-0.05, 0) is 49.4 Å². The molecule has 2 aromatic rings. The van der Waals surface area contributed by atoms with Gasteiger partial charge in [-0.15, -0.1) is 0 Å². The third kappa shape index (κ3) is 6.50. The van der Waals surface area contributed by atoms with E-state index in [1.54, 1.807) is 6.92 Å². The molecule has 0 aliphatic heterocycles. The van der Waals surface area contributed by atoms with Crippen LogP contribution in [0.25, 0.3) is 0 Å². The van der Waals surface area contributed by atoms with E-state index in [0.29, 0.717) is 9.33 Å². The molecule has 29 heavy (non-hydrogen) atoms. The van der Waals surface area contributed by atoms with Crippen molar-refractivity contribution in [1.29, 1.82) is 0 Å². The van der Waals surface area contributed by atoms with Gasteiger partial charge in [0.15, 0.2) is 6.61 Å². The van der Waals surface area contributed by atoms with Crippen LogP contribution < -0.4 is 4.74 Å². The molecule has 11 heteroatoms. The highest BCUT2D eigenvalue weighted by atomic mass is 35.5. The summed E-state index contributed by atoms with van der Waals surface area (Å²) in [6.45, 7) is 0.101. The first-order valence-corrected chi connectivity index (χ1v) is 10.8. The minimum Gasteiger partial charge on any atom is -0.484 e. The molecular weight excluding hydrogens is 465 g/mol. The number of halogens is 3. The van der Waals surface area contributed by atoms with Gasteiger partial charge < -0.3 is 9.47 Å². The highest BCUT2D eigenvalue weighted by Gasteiger charge is 2.32. The summed E-state index contributed by atoms with van der Waals surface area (Å²) in [7, 11) is -4.36. The maximum absolute atomic E-state index is 12.9. The summed E-state index contributed by atoms with van der Waals surface area (Å²) in [6, 6.07) is 9.43. The number of ether oxygens (including phenoxy) is 2. The van der Waals surface area contributed by atoms with Crippen LogP contribution in [0.2, 0.25) is 15.1 Å². The number of rotatable bonds is 8. The van der Waals surface area contributed by atoms with Crippen molar-refractivity contribution in [2.75, 3.05) is 19.8 Å². The Balaban J connectivity index is 2.27. The Bertz CT molecular complexity index is 975. The molecule has 0 atom stereocenters. The van der Waals surface area contributed by atoms with Crippen molar-refractivity contribution in [1.82, 2.24) is 4.31 Å². The van der Waals surface area contributed by atoms with Crippen LogP contribution in [0.1, 0.15) is 6.92 Å². The predicted octanol–water partition coefficient (Wildman–Crippen LogP) is 3.81. The van der Waals surface area contributed by atoms with Crippen molar-refractivity contribution in [2.24, 2.45) is 0 Å². The lowest BCUT2D eigenvalue weighted by atomic mass is 10.3. The summed E-state index contributed by atoms with van der Waals surface area (Å²) < 4.78 is 36.3. The number of carbonyl (C=O) groups is 2. The molecule has 0 radical (unpaired) electrons. The van der Waals surface area contributed by atoms with Gasteiger partial charge in [-0.2, -0.15) is 0 Å². The van der Waals surface area contributed by atoms with E-state index in [2.05, 4.69) is 0 Å². The third-order valence-corrected chi connectivity index (χ3v) is 5.93. The van der Waals surface area contributed by atoms with Gasteiger partial charge in [0.05, 0.1) is 11.5 Å². The highest BCUT2D eigenvalue weighted by molar-refractivity contribution is 7.89. The van der Waals surface area contributed by atoms with Crippen LogP contribution in [0.3, 0.4) is 0 Å². The van der Waals surface area contributed by atoms with Crippen molar-refractivity contribution in [3.8, 4) is 5.75 Å². The molecule has 0 fully saturated rings. The number of nitrogens with zero attached hydrogens (tertiary/aromatic N) is 1. The summed E-state index contributed by atoms with van der Waals surface area (Å²) in [6.07, 6.45) is 0. The minimum absolute atomic E-state index is 0.0272. The van der Waals surface area contributed by atoms with Crippen LogP contribution in [-0.4, -0.2) is 44.4 Å². The Morgan fingerprint density at radius 2 is 1.55 bits per heavy atom. The summed E-state index contributed by atoms with van der Waals surface area (Å²) in [5, 5.41) is 0.864. The van der Waals surface area contributed by atoms with Crippen LogP contribution in [0, 0.1) is 0 Å². The molecule has 0 heterocycles. The number of hydrogen-bond acceptors (Lipinski definition) is 6. The van der Waals surface area contributed by atoms with Crippen LogP contribution in [0.15, 0.2) is 47.4 Å². The Labute approximate surface area is 183 Å². The first-order valence-electron chi connectivity index (χ1n) is 8.19. The van der Waals surface area contributed by atoms with Gasteiger partial charge in [-0.1, -0.05) is 34.8 Å². The summed E-state index contributed by atoms with van der Waals surface area (Å²) in [5.74, 6) is -1.70. The van der Waals surface area contributed by atoms with Gasteiger partial charge >= 0.3 is 5.97 Å². The SMILES string of the molecule is CCOC(=O)CN(C(=O)COc1cc(Cl)cc(Cl)c1)S(=O)(=O)c1ccc(Cl)cc1. The van der Waals surface area contributed by atoms with Crippen LogP contribution in [0.5, 0.6) is 5.75 Å². The molecule has 0 spiro atoms. The quantitative estimate of drug-likeness (QED) is 0.534. The molecule has 0 N–H and O–H groups in total. The fraction of sp³-hybridized carbons (Fsp3) is 0.222. The molecule has 156 valence electrons. The fourth-order valence-corrected chi connectivity index (χ4v) is 4.16. The molecule has 0 aliphatic carbocycles. The predicted molar refractivity (Wildman–Crippen MR) is 109 cm³/mol. The first-order chi connectivity index (χ1) is 13.6. The van der Waals surface area contributed by atoms with Crippen molar-refractivity contribution in [3.05, 3.63) is 57.5 Å². The number of amides is 1. The van der Waals surface area contributed by atoms with Crippen LogP contribution in [-0.2, 0) is 24.3 Å². The minimum atomic E-state index is -4.36. The van der Waals surface area contributed by atoms with E-state index >= 15 is 0 Å². The molecule has 2 aromatic carbocycles. The molecule has 1 amide bonds. The average molecular weight is 481 g/mol. The lowest BCUT2D eigenvalue weighted by Crippen LogP contribution is -2.43. The van der Waals surface area contributed by atoms with E-state index < -0.39 is 35.1 Å². The highest BCUT2D eigenvalue weighted by Crippen LogP contribution is 2.24. The Morgan fingerprint density at radius 3 is 2.10 bits per heavy atom. The van der Waals surface area contributed by atoms with Gasteiger partial charge in [0.1, 0.15) is 12.3 Å². The molecule has 0 aromatic heterocycles. The number of sulfonamides is 1. The van der Waals surface area contributed by atoms with Crippen molar-refractivity contribution in [2.45, 2.75) is 11.8 Å². The maximum Gasteiger partial charge on any atom is 0.326 e. The van der Waals surface area contributed by atoms with Gasteiger partial charge in [-0.3, -0.25) is 9.59 Å². The standard InChI is InChI=1S/C18H16Cl3NO6S/c1-2-27-18(24)10-22(29(25,26)16-5-3-12(19)4-6-16)17(23)11-28-15-8-13(20)7-14(21)9-15/h3-9H,2,10-11H2,1H3. The molecular formula is C18H16Cl3NO6S. The van der Waals surface area contributed by atoms with E-state index in [9.17, 15) is 18.0 Å². The molecule has 7 nitrogen and oxygen atoms in total. The zero-order chi connectivity index (χ0) is 21.6. The number of benzene rings is 2. The Morgan fingerprint density at radius 1 is 0.966 bits per heavy atom.